The van der Waals surface area contributed by atoms with Crippen LogP contribution in [0.15, 0.2) is 12.1 Å². The van der Waals surface area contributed by atoms with Crippen LogP contribution in [0, 0.1) is 0 Å². The maximum atomic E-state index is 6.58. The summed E-state index contributed by atoms with van der Waals surface area (Å²) in [7, 11) is 0. The number of hydrogen-bond acceptors (Lipinski definition) is 4. The smallest absolute Gasteiger partial charge is 0.127 e. The molecule has 1 saturated carbocycles. The molecule has 2 fully saturated rings. The predicted octanol–water partition coefficient (Wildman–Crippen LogP) is 6.06. The molecule has 0 N–H and O–H groups in total. The molecule has 31 heavy (non-hydrogen) atoms. The highest BCUT2D eigenvalue weighted by Crippen LogP contribution is 2.51. The van der Waals surface area contributed by atoms with E-state index in [1.807, 2.05) is 0 Å². The third-order valence-corrected chi connectivity index (χ3v) is 7.66. The fourth-order valence-electron chi connectivity index (χ4n) is 5.55. The first kappa shape index (κ1) is 22.9. The molecule has 174 valence electrons. The summed E-state index contributed by atoms with van der Waals surface area (Å²) in [5, 5.41) is 0. The molecule has 4 heteroatoms. The van der Waals surface area contributed by atoms with Crippen molar-refractivity contribution in [2.75, 3.05) is 39.5 Å². The Morgan fingerprint density at radius 1 is 1.06 bits per heavy atom. The van der Waals surface area contributed by atoms with Gasteiger partial charge in [0.1, 0.15) is 24.2 Å². The molecule has 1 saturated heterocycles. The second-order valence-electron chi connectivity index (χ2n) is 10.4. The second kappa shape index (κ2) is 10.6. The molecule has 1 aromatic carbocycles. The highest BCUT2D eigenvalue weighted by Gasteiger charge is 2.39. The first-order valence-electron chi connectivity index (χ1n) is 12.9. The molecule has 1 aromatic rings. The Hall–Kier alpha value is -1.26. The van der Waals surface area contributed by atoms with E-state index in [1.54, 1.807) is 0 Å². The Morgan fingerprint density at radius 3 is 2.68 bits per heavy atom. The fourth-order valence-corrected chi connectivity index (χ4v) is 5.55. The van der Waals surface area contributed by atoms with E-state index in [2.05, 4.69) is 37.8 Å². The van der Waals surface area contributed by atoms with E-state index in [9.17, 15) is 0 Å². The van der Waals surface area contributed by atoms with Crippen LogP contribution in [0.1, 0.15) is 95.6 Å². The lowest BCUT2D eigenvalue weighted by atomic mass is 9.78. The van der Waals surface area contributed by atoms with Gasteiger partial charge in [-0.2, -0.15) is 0 Å². The summed E-state index contributed by atoms with van der Waals surface area (Å²) in [5.41, 5.74) is 2.88. The number of unbranched alkanes of at least 4 members (excludes halogenated alkanes) is 2. The number of rotatable bonds is 9. The van der Waals surface area contributed by atoms with E-state index >= 15 is 0 Å². The summed E-state index contributed by atoms with van der Waals surface area (Å²) in [6.45, 7) is 12.5. The zero-order valence-corrected chi connectivity index (χ0v) is 20.1. The van der Waals surface area contributed by atoms with Gasteiger partial charge in [0.25, 0.3) is 0 Å². The van der Waals surface area contributed by atoms with Gasteiger partial charge in [0, 0.05) is 31.1 Å². The summed E-state index contributed by atoms with van der Waals surface area (Å²) in [4.78, 5) is 2.45. The van der Waals surface area contributed by atoms with E-state index in [1.165, 1.54) is 68.9 Å². The van der Waals surface area contributed by atoms with Gasteiger partial charge in [-0.15, -0.1) is 0 Å². The summed E-state index contributed by atoms with van der Waals surface area (Å²) < 4.78 is 18.6. The van der Waals surface area contributed by atoms with E-state index in [0.717, 1.165) is 51.0 Å². The predicted molar refractivity (Wildman–Crippen MR) is 127 cm³/mol. The van der Waals surface area contributed by atoms with Gasteiger partial charge < -0.3 is 14.2 Å². The highest BCUT2D eigenvalue weighted by atomic mass is 16.5. The van der Waals surface area contributed by atoms with Crippen LogP contribution in [0.2, 0.25) is 0 Å². The van der Waals surface area contributed by atoms with Crippen molar-refractivity contribution in [3.8, 4) is 11.5 Å². The number of ether oxygens (including phenoxy) is 3. The van der Waals surface area contributed by atoms with Gasteiger partial charge in [-0.25, -0.2) is 0 Å². The third kappa shape index (κ3) is 5.57. The Labute approximate surface area is 189 Å². The highest BCUT2D eigenvalue weighted by molar-refractivity contribution is 5.54. The van der Waals surface area contributed by atoms with Gasteiger partial charge in [0.05, 0.1) is 13.2 Å². The maximum absolute atomic E-state index is 6.58. The molecule has 2 heterocycles. The van der Waals surface area contributed by atoms with Crippen molar-refractivity contribution in [3.63, 3.8) is 0 Å². The molecule has 4 nitrogen and oxygen atoms in total. The van der Waals surface area contributed by atoms with Crippen LogP contribution in [0.3, 0.4) is 0 Å². The van der Waals surface area contributed by atoms with Crippen molar-refractivity contribution in [2.45, 2.75) is 96.0 Å². The Balaban J connectivity index is 1.55. The lowest BCUT2D eigenvalue weighted by Gasteiger charge is -2.28. The first-order valence-corrected chi connectivity index (χ1v) is 12.9. The molecular formula is C27H43NO3. The van der Waals surface area contributed by atoms with Crippen molar-refractivity contribution in [3.05, 3.63) is 23.3 Å². The SMILES string of the molecule is CCCCCC(C)(C)c1cc(OCCN2CCOCC2)c2c(c1)OC1CCCCCC21. The molecular weight excluding hydrogens is 386 g/mol. The average Bonchev–Trinajstić information content (AvgIpc) is 2.96. The molecule has 2 atom stereocenters. The lowest BCUT2D eigenvalue weighted by molar-refractivity contribution is 0.0322. The zero-order chi connectivity index (χ0) is 21.7. The average molecular weight is 430 g/mol. The first-order chi connectivity index (χ1) is 15.1. The largest absolute Gasteiger partial charge is 0.492 e. The Morgan fingerprint density at radius 2 is 1.87 bits per heavy atom. The van der Waals surface area contributed by atoms with Crippen molar-refractivity contribution in [1.29, 1.82) is 0 Å². The standard InChI is InChI=1S/C27H43NO3/c1-4-5-9-12-27(2,3)21-19-24(30-18-15-28-13-16-29-17-14-28)26-22-10-7-6-8-11-23(22)31-25(26)20-21/h19-20,22-23H,4-18H2,1-3H3. The molecule has 0 bridgehead atoms. The van der Waals surface area contributed by atoms with Crippen LogP contribution in [0.4, 0.5) is 0 Å². The molecule has 4 rings (SSSR count). The molecule has 1 aliphatic carbocycles. The van der Waals surface area contributed by atoms with Crippen LogP contribution in [0.25, 0.3) is 0 Å². The minimum atomic E-state index is 0.139. The van der Waals surface area contributed by atoms with Crippen LogP contribution in [-0.2, 0) is 10.2 Å². The van der Waals surface area contributed by atoms with E-state index < -0.39 is 0 Å². The molecule has 2 aliphatic heterocycles. The van der Waals surface area contributed by atoms with E-state index in [-0.39, 0.29) is 5.41 Å². The zero-order valence-electron chi connectivity index (χ0n) is 20.1. The summed E-state index contributed by atoms with van der Waals surface area (Å²) in [6.07, 6.45) is 11.7. The summed E-state index contributed by atoms with van der Waals surface area (Å²) in [5.74, 6) is 2.71. The monoisotopic (exact) mass is 429 g/mol. The minimum absolute atomic E-state index is 0.139. The number of fused-ring (bicyclic) bond motifs is 3. The van der Waals surface area contributed by atoms with Gasteiger partial charge in [-0.3, -0.25) is 4.90 Å². The van der Waals surface area contributed by atoms with Crippen LogP contribution < -0.4 is 9.47 Å². The van der Waals surface area contributed by atoms with E-state index in [0.29, 0.717) is 12.0 Å². The van der Waals surface area contributed by atoms with Gasteiger partial charge in [0.2, 0.25) is 0 Å². The van der Waals surface area contributed by atoms with Gasteiger partial charge in [-0.1, -0.05) is 52.9 Å². The Kier molecular flexibility index (Phi) is 7.81. The van der Waals surface area contributed by atoms with Crippen LogP contribution in [0.5, 0.6) is 11.5 Å². The number of morpholine rings is 1. The quantitative estimate of drug-likeness (QED) is 0.446. The van der Waals surface area contributed by atoms with Crippen molar-refractivity contribution < 1.29 is 14.2 Å². The Bertz CT molecular complexity index is 711. The summed E-state index contributed by atoms with van der Waals surface area (Å²) >= 11 is 0. The van der Waals surface area contributed by atoms with Crippen LogP contribution >= 0.6 is 0 Å². The van der Waals surface area contributed by atoms with Crippen molar-refractivity contribution in [1.82, 2.24) is 4.90 Å². The lowest BCUT2D eigenvalue weighted by Crippen LogP contribution is -2.38. The topological polar surface area (TPSA) is 30.9 Å². The molecule has 0 spiro atoms. The third-order valence-electron chi connectivity index (χ3n) is 7.66. The molecule has 2 unspecified atom stereocenters. The number of nitrogens with zero attached hydrogens (tertiary/aromatic N) is 1. The number of hydrogen-bond donors (Lipinski definition) is 0. The molecule has 0 aromatic heterocycles. The summed E-state index contributed by atoms with van der Waals surface area (Å²) in [6, 6.07) is 4.71. The molecule has 0 radical (unpaired) electrons. The minimum Gasteiger partial charge on any atom is -0.492 e. The molecule has 3 aliphatic rings. The second-order valence-corrected chi connectivity index (χ2v) is 10.4. The number of benzene rings is 1. The fraction of sp³-hybridized carbons (Fsp3) is 0.778. The van der Waals surface area contributed by atoms with E-state index in [4.69, 9.17) is 14.2 Å². The van der Waals surface area contributed by atoms with Crippen molar-refractivity contribution in [2.24, 2.45) is 0 Å². The van der Waals surface area contributed by atoms with Crippen molar-refractivity contribution >= 4 is 0 Å². The van der Waals surface area contributed by atoms with Gasteiger partial charge >= 0.3 is 0 Å². The van der Waals surface area contributed by atoms with Gasteiger partial charge in [0.15, 0.2) is 0 Å². The molecule has 0 amide bonds. The van der Waals surface area contributed by atoms with Crippen LogP contribution in [-0.4, -0.2) is 50.5 Å². The maximum Gasteiger partial charge on any atom is 0.127 e. The normalized spacial score (nSPS) is 24.2. The van der Waals surface area contributed by atoms with Gasteiger partial charge in [-0.05, 0) is 48.8 Å².